The van der Waals surface area contributed by atoms with Gasteiger partial charge in [-0.15, -0.1) is 0 Å². The molecule has 2 amide bonds. The summed E-state index contributed by atoms with van der Waals surface area (Å²) in [5, 5.41) is 8.04. The maximum atomic E-state index is 14.2. The van der Waals surface area contributed by atoms with Gasteiger partial charge < -0.3 is 15.5 Å². The van der Waals surface area contributed by atoms with Gasteiger partial charge in [0, 0.05) is 42.2 Å². The van der Waals surface area contributed by atoms with Crippen molar-refractivity contribution < 1.29 is 9.59 Å². The average Bonchev–Trinajstić information content (AvgIpc) is 3.03. The summed E-state index contributed by atoms with van der Waals surface area (Å²) in [6.07, 6.45) is 10.5. The predicted octanol–water partition coefficient (Wildman–Crippen LogP) is 6.22. The first-order valence-electron chi connectivity index (χ1n) is 16.7. The molecule has 234 valence electrons. The van der Waals surface area contributed by atoms with Crippen LogP contribution in [0.25, 0.3) is 0 Å². The highest BCUT2D eigenvalue weighted by molar-refractivity contribution is 6.30. The van der Waals surface area contributed by atoms with Crippen LogP contribution in [-0.2, 0) is 22.6 Å². The topological polar surface area (TPSA) is 64.7 Å². The Morgan fingerprint density at radius 2 is 1.51 bits per heavy atom. The smallest absolute Gasteiger partial charge is 0.240 e. The number of likely N-dealkylation sites (tertiary alicyclic amines) is 2. The van der Waals surface area contributed by atoms with E-state index in [0.717, 1.165) is 50.9 Å². The van der Waals surface area contributed by atoms with E-state index in [1.165, 1.54) is 37.7 Å². The SMILES string of the molecule is CC(C)C(=O)NC1(C2CCCCC2)CCN(C(=O)[C@@H](Cc2ccc(Cl)cc2)NC2CCN(Cc3ccccc3)CC2)CC1. The zero-order chi connectivity index (χ0) is 30.2. The molecule has 6 nitrogen and oxygen atoms in total. The lowest BCUT2D eigenvalue weighted by Crippen LogP contribution is -2.62. The molecule has 0 spiro atoms. The second-order valence-electron chi connectivity index (χ2n) is 13.5. The third-order valence-electron chi connectivity index (χ3n) is 10.2. The molecule has 2 aromatic carbocycles. The van der Waals surface area contributed by atoms with Gasteiger partial charge in [-0.3, -0.25) is 14.5 Å². The molecule has 0 bridgehead atoms. The van der Waals surface area contributed by atoms with Crippen LogP contribution in [0, 0.1) is 11.8 Å². The highest BCUT2D eigenvalue weighted by Gasteiger charge is 2.44. The summed E-state index contributed by atoms with van der Waals surface area (Å²) in [4.78, 5) is 31.7. The van der Waals surface area contributed by atoms with Gasteiger partial charge in [-0.25, -0.2) is 0 Å². The molecule has 0 radical (unpaired) electrons. The first kappa shape index (κ1) is 32.0. The quantitative estimate of drug-likeness (QED) is 0.337. The lowest BCUT2D eigenvalue weighted by molar-refractivity contribution is -0.137. The Balaban J connectivity index is 1.24. The molecule has 43 heavy (non-hydrogen) atoms. The largest absolute Gasteiger partial charge is 0.350 e. The molecule has 2 aliphatic heterocycles. The molecule has 1 atom stereocenters. The minimum Gasteiger partial charge on any atom is -0.350 e. The van der Waals surface area contributed by atoms with Crippen molar-refractivity contribution in [1.29, 1.82) is 0 Å². The van der Waals surface area contributed by atoms with E-state index in [0.29, 0.717) is 36.5 Å². The Hall–Kier alpha value is -2.41. The minimum atomic E-state index is -0.278. The summed E-state index contributed by atoms with van der Waals surface area (Å²) in [6, 6.07) is 18.6. The number of nitrogens with zero attached hydrogens (tertiary/aromatic N) is 2. The fraction of sp³-hybridized carbons (Fsp3) is 0.611. The van der Waals surface area contributed by atoms with Gasteiger partial charge in [0.1, 0.15) is 0 Å². The summed E-state index contributed by atoms with van der Waals surface area (Å²) in [7, 11) is 0. The third-order valence-corrected chi connectivity index (χ3v) is 10.4. The molecule has 2 aromatic rings. The van der Waals surface area contributed by atoms with Crippen molar-refractivity contribution in [1.82, 2.24) is 20.4 Å². The number of rotatable bonds is 10. The van der Waals surface area contributed by atoms with Gasteiger partial charge >= 0.3 is 0 Å². The van der Waals surface area contributed by atoms with Crippen LogP contribution in [0.1, 0.15) is 82.8 Å². The van der Waals surface area contributed by atoms with E-state index in [1.54, 1.807) is 0 Å². The number of nitrogens with one attached hydrogen (secondary N) is 2. The summed E-state index contributed by atoms with van der Waals surface area (Å²) in [5.41, 5.74) is 2.28. The molecule has 0 aromatic heterocycles. The number of hydrogen-bond donors (Lipinski definition) is 2. The molecule has 2 N–H and O–H groups in total. The van der Waals surface area contributed by atoms with Gasteiger partial charge in [0.15, 0.2) is 0 Å². The van der Waals surface area contributed by atoms with E-state index in [2.05, 4.69) is 50.8 Å². The molecule has 5 rings (SSSR count). The maximum Gasteiger partial charge on any atom is 0.240 e. The number of carbonyl (C=O) groups excluding carboxylic acids is 2. The van der Waals surface area contributed by atoms with Gasteiger partial charge in [0.25, 0.3) is 0 Å². The van der Waals surface area contributed by atoms with Gasteiger partial charge in [-0.2, -0.15) is 0 Å². The van der Waals surface area contributed by atoms with Gasteiger partial charge in [0.05, 0.1) is 6.04 Å². The summed E-state index contributed by atoms with van der Waals surface area (Å²) >= 11 is 6.18. The van der Waals surface area contributed by atoms with Crippen LogP contribution < -0.4 is 10.6 Å². The lowest BCUT2D eigenvalue weighted by atomic mass is 9.69. The Morgan fingerprint density at radius 1 is 0.860 bits per heavy atom. The molecule has 2 saturated heterocycles. The van der Waals surface area contributed by atoms with Crippen LogP contribution in [0.5, 0.6) is 0 Å². The average molecular weight is 607 g/mol. The van der Waals surface area contributed by atoms with E-state index < -0.39 is 0 Å². The monoisotopic (exact) mass is 606 g/mol. The maximum absolute atomic E-state index is 14.2. The lowest BCUT2D eigenvalue weighted by Gasteiger charge is -2.49. The molecule has 7 heteroatoms. The summed E-state index contributed by atoms with van der Waals surface area (Å²) in [6.45, 7) is 8.37. The fourth-order valence-corrected chi connectivity index (χ4v) is 7.61. The van der Waals surface area contributed by atoms with Crippen molar-refractivity contribution in [3.05, 3.63) is 70.7 Å². The van der Waals surface area contributed by atoms with E-state index in [1.807, 2.05) is 38.1 Å². The molecule has 1 saturated carbocycles. The van der Waals surface area contributed by atoms with Crippen LogP contribution in [0.2, 0.25) is 5.02 Å². The second kappa shape index (κ2) is 15.0. The highest BCUT2D eigenvalue weighted by atomic mass is 35.5. The zero-order valence-corrected chi connectivity index (χ0v) is 27.0. The first-order chi connectivity index (χ1) is 20.8. The van der Waals surface area contributed by atoms with E-state index in [9.17, 15) is 9.59 Å². The Labute approximate surface area is 263 Å². The third kappa shape index (κ3) is 8.61. The number of benzene rings is 2. The Morgan fingerprint density at radius 3 is 2.14 bits per heavy atom. The number of halogens is 1. The normalized spacial score (nSPS) is 21.1. The van der Waals surface area contributed by atoms with Crippen LogP contribution in [0.15, 0.2) is 54.6 Å². The number of piperidine rings is 2. The summed E-state index contributed by atoms with van der Waals surface area (Å²) < 4.78 is 0. The predicted molar refractivity (Wildman–Crippen MR) is 175 cm³/mol. The Kier molecular flexibility index (Phi) is 11.2. The number of hydrogen-bond acceptors (Lipinski definition) is 4. The van der Waals surface area contributed by atoms with Crippen LogP contribution in [-0.4, -0.2) is 65.4 Å². The van der Waals surface area contributed by atoms with Crippen molar-refractivity contribution in [2.45, 2.75) is 102 Å². The van der Waals surface area contributed by atoms with Gasteiger partial charge in [-0.1, -0.05) is 87.2 Å². The van der Waals surface area contributed by atoms with E-state index in [-0.39, 0.29) is 29.3 Å². The summed E-state index contributed by atoms with van der Waals surface area (Å²) in [5.74, 6) is 0.804. The van der Waals surface area contributed by atoms with Gasteiger partial charge in [-0.05, 0) is 87.2 Å². The molecule has 1 aliphatic carbocycles. The van der Waals surface area contributed by atoms with Crippen LogP contribution in [0.4, 0.5) is 0 Å². The molecule has 3 aliphatic rings. The molecular weight excluding hydrogens is 556 g/mol. The van der Waals surface area contributed by atoms with Crippen molar-refractivity contribution in [2.24, 2.45) is 11.8 Å². The molecule has 3 fully saturated rings. The number of carbonyl (C=O) groups is 2. The van der Waals surface area contributed by atoms with Crippen molar-refractivity contribution >= 4 is 23.4 Å². The first-order valence-corrected chi connectivity index (χ1v) is 17.1. The second-order valence-corrected chi connectivity index (χ2v) is 14.0. The van der Waals surface area contributed by atoms with Crippen LogP contribution >= 0.6 is 11.6 Å². The zero-order valence-electron chi connectivity index (χ0n) is 26.2. The molecule has 2 heterocycles. The minimum absolute atomic E-state index is 0.0350. The number of amides is 2. The van der Waals surface area contributed by atoms with E-state index in [4.69, 9.17) is 11.6 Å². The highest BCUT2D eigenvalue weighted by Crippen LogP contribution is 2.39. The Bertz CT molecular complexity index is 1170. The van der Waals surface area contributed by atoms with Gasteiger partial charge in [0.2, 0.25) is 11.8 Å². The molecular formula is C36H51ClN4O2. The van der Waals surface area contributed by atoms with Crippen LogP contribution in [0.3, 0.4) is 0 Å². The molecule has 0 unspecified atom stereocenters. The van der Waals surface area contributed by atoms with Crippen molar-refractivity contribution in [2.75, 3.05) is 26.2 Å². The van der Waals surface area contributed by atoms with Crippen molar-refractivity contribution in [3.63, 3.8) is 0 Å². The van der Waals surface area contributed by atoms with Crippen molar-refractivity contribution in [3.8, 4) is 0 Å². The fourth-order valence-electron chi connectivity index (χ4n) is 7.48. The van der Waals surface area contributed by atoms with E-state index >= 15 is 0 Å². The standard InChI is InChI=1S/C36H51ClN4O2/c1-27(2)34(42)39-36(30-11-7-4-8-12-30)19-23-41(24-20-36)35(43)33(25-28-13-15-31(37)16-14-28)38-32-17-21-40(22-18-32)26-29-9-5-3-6-10-29/h3,5-6,9-10,13-16,27,30,32-33,38H,4,7-8,11-12,17-26H2,1-2H3,(H,39,42)/t33-/m1/s1.